The number of hydrogen-bond acceptors (Lipinski definition) is 3. The molecule has 0 aliphatic heterocycles. The lowest BCUT2D eigenvalue weighted by Crippen LogP contribution is -2.05. The van der Waals surface area contributed by atoms with Gasteiger partial charge in [0.25, 0.3) is 0 Å². The van der Waals surface area contributed by atoms with Gasteiger partial charge in [0.15, 0.2) is 0 Å². The summed E-state index contributed by atoms with van der Waals surface area (Å²) >= 11 is 0. The van der Waals surface area contributed by atoms with Gasteiger partial charge < -0.3 is 5.73 Å². The molecular formula is C9H12N4. The summed E-state index contributed by atoms with van der Waals surface area (Å²) in [5, 5.41) is 4.29. The van der Waals surface area contributed by atoms with E-state index in [-0.39, 0.29) is 0 Å². The van der Waals surface area contributed by atoms with E-state index in [1.54, 1.807) is 6.20 Å². The van der Waals surface area contributed by atoms with Gasteiger partial charge in [0.2, 0.25) is 0 Å². The summed E-state index contributed by atoms with van der Waals surface area (Å²) < 4.78 is 1.84. The monoisotopic (exact) mass is 176 g/mol. The summed E-state index contributed by atoms with van der Waals surface area (Å²) in [7, 11) is 0. The summed E-state index contributed by atoms with van der Waals surface area (Å²) in [5.41, 5.74) is 8.57. The maximum Gasteiger partial charge on any atom is 0.0880 e. The first-order valence-corrected chi connectivity index (χ1v) is 4.31. The van der Waals surface area contributed by atoms with Gasteiger partial charge in [-0.3, -0.25) is 4.98 Å². The topological polar surface area (TPSA) is 56.2 Å². The molecule has 68 valence electrons. The van der Waals surface area contributed by atoms with Crippen molar-refractivity contribution >= 4 is 5.52 Å². The van der Waals surface area contributed by atoms with Crippen molar-refractivity contribution in [1.29, 1.82) is 0 Å². The Labute approximate surface area is 76.4 Å². The number of aromatic nitrogens is 3. The molecule has 0 saturated carbocycles. The van der Waals surface area contributed by atoms with Crippen LogP contribution in [0.2, 0.25) is 0 Å². The highest BCUT2D eigenvalue weighted by Crippen LogP contribution is 2.09. The maximum atomic E-state index is 5.49. The van der Waals surface area contributed by atoms with Gasteiger partial charge >= 0.3 is 0 Å². The van der Waals surface area contributed by atoms with Gasteiger partial charge in [-0.25, -0.2) is 4.52 Å². The van der Waals surface area contributed by atoms with Crippen molar-refractivity contribution in [2.24, 2.45) is 5.73 Å². The molecule has 0 aromatic carbocycles. The molecule has 0 amide bonds. The van der Waals surface area contributed by atoms with Crippen LogP contribution in [0.15, 0.2) is 18.5 Å². The molecule has 0 fully saturated rings. The Morgan fingerprint density at radius 1 is 1.54 bits per heavy atom. The second-order valence-corrected chi connectivity index (χ2v) is 3.03. The summed E-state index contributed by atoms with van der Waals surface area (Å²) in [5.74, 6) is 0. The molecule has 13 heavy (non-hydrogen) atoms. The van der Waals surface area contributed by atoms with Gasteiger partial charge in [0.05, 0.1) is 16.9 Å². The molecule has 2 N–H and O–H groups in total. The first kappa shape index (κ1) is 8.19. The van der Waals surface area contributed by atoms with Gasteiger partial charge in [0.1, 0.15) is 0 Å². The molecule has 4 heteroatoms. The molecule has 0 spiro atoms. The third-order valence-electron chi connectivity index (χ3n) is 1.97. The highest BCUT2D eigenvalue weighted by Gasteiger charge is 2.03. The quantitative estimate of drug-likeness (QED) is 0.726. The largest absolute Gasteiger partial charge is 0.330 e. The van der Waals surface area contributed by atoms with E-state index >= 15 is 0 Å². The minimum Gasteiger partial charge on any atom is -0.330 e. The summed E-state index contributed by atoms with van der Waals surface area (Å²) in [6.07, 6.45) is 4.41. The zero-order valence-corrected chi connectivity index (χ0v) is 7.57. The zero-order valence-electron chi connectivity index (χ0n) is 7.57. The molecule has 2 heterocycles. The number of nitrogens with zero attached hydrogens (tertiary/aromatic N) is 3. The first-order valence-electron chi connectivity index (χ1n) is 4.31. The van der Waals surface area contributed by atoms with Crippen LogP contribution in [0.3, 0.4) is 0 Å². The molecule has 2 aromatic heterocycles. The number of hydrogen-bond donors (Lipinski definition) is 1. The van der Waals surface area contributed by atoms with Crippen molar-refractivity contribution in [3.63, 3.8) is 0 Å². The summed E-state index contributed by atoms with van der Waals surface area (Å²) in [6.45, 7) is 2.59. The van der Waals surface area contributed by atoms with Gasteiger partial charge in [-0.1, -0.05) is 0 Å². The van der Waals surface area contributed by atoms with Crippen LogP contribution in [0, 0.1) is 6.92 Å². The van der Waals surface area contributed by atoms with Gasteiger partial charge in [0, 0.05) is 18.8 Å². The number of rotatable bonds is 2. The van der Waals surface area contributed by atoms with Crippen molar-refractivity contribution in [2.45, 2.75) is 13.3 Å². The van der Waals surface area contributed by atoms with Crippen molar-refractivity contribution in [3.8, 4) is 0 Å². The smallest absolute Gasteiger partial charge is 0.0880 e. The van der Waals surface area contributed by atoms with Crippen LogP contribution in [0.25, 0.3) is 5.52 Å². The average molecular weight is 176 g/mol. The zero-order chi connectivity index (χ0) is 9.26. The normalized spacial score (nSPS) is 10.9. The molecule has 0 bridgehead atoms. The lowest BCUT2D eigenvalue weighted by Gasteiger charge is -1.99. The standard InChI is InChI=1S/C9H12N4/c1-7-6-9-8(2-3-10)11-4-5-13(9)12-7/h4-6H,2-3,10H2,1H3. The van der Waals surface area contributed by atoms with Crippen LogP contribution in [-0.2, 0) is 6.42 Å². The predicted octanol–water partition coefficient (Wildman–Crippen LogP) is 0.539. The van der Waals surface area contributed by atoms with Crippen LogP contribution >= 0.6 is 0 Å². The first-order chi connectivity index (χ1) is 6.31. The lowest BCUT2D eigenvalue weighted by molar-refractivity contribution is 0.874. The molecule has 2 rings (SSSR count). The Morgan fingerprint density at radius 3 is 3.15 bits per heavy atom. The molecule has 0 unspecified atom stereocenters. The minimum atomic E-state index is 0.622. The van der Waals surface area contributed by atoms with Crippen molar-refractivity contribution in [2.75, 3.05) is 6.54 Å². The van der Waals surface area contributed by atoms with E-state index in [1.807, 2.05) is 23.7 Å². The van der Waals surface area contributed by atoms with Crippen LogP contribution in [0.4, 0.5) is 0 Å². The Hall–Kier alpha value is -1.42. The van der Waals surface area contributed by atoms with Gasteiger partial charge in [-0.2, -0.15) is 5.10 Å². The second kappa shape index (κ2) is 3.14. The number of aryl methyl sites for hydroxylation is 1. The predicted molar refractivity (Wildman–Crippen MR) is 50.5 cm³/mol. The van der Waals surface area contributed by atoms with E-state index in [0.29, 0.717) is 6.54 Å². The van der Waals surface area contributed by atoms with Gasteiger partial charge in [-0.05, 0) is 19.5 Å². The summed E-state index contributed by atoms with van der Waals surface area (Å²) in [4.78, 5) is 4.27. The lowest BCUT2D eigenvalue weighted by atomic mass is 10.2. The third-order valence-corrected chi connectivity index (χ3v) is 1.97. The highest BCUT2D eigenvalue weighted by atomic mass is 15.2. The SMILES string of the molecule is Cc1cc2c(CCN)nccn2n1. The highest BCUT2D eigenvalue weighted by molar-refractivity contribution is 5.51. The Morgan fingerprint density at radius 2 is 2.38 bits per heavy atom. The van der Waals surface area contributed by atoms with Crippen LogP contribution in [0.1, 0.15) is 11.4 Å². The molecular weight excluding hydrogens is 164 g/mol. The van der Waals surface area contributed by atoms with Gasteiger partial charge in [-0.15, -0.1) is 0 Å². The number of nitrogens with two attached hydrogens (primary N) is 1. The van der Waals surface area contributed by atoms with Crippen LogP contribution in [-0.4, -0.2) is 21.1 Å². The summed E-state index contributed by atoms with van der Waals surface area (Å²) in [6, 6.07) is 2.03. The maximum absolute atomic E-state index is 5.49. The van der Waals surface area contributed by atoms with E-state index in [0.717, 1.165) is 23.3 Å². The van der Waals surface area contributed by atoms with Crippen LogP contribution < -0.4 is 5.73 Å². The fourth-order valence-electron chi connectivity index (χ4n) is 1.43. The fourth-order valence-corrected chi connectivity index (χ4v) is 1.43. The molecule has 0 aliphatic rings. The van der Waals surface area contributed by atoms with Crippen molar-refractivity contribution in [3.05, 3.63) is 29.8 Å². The Kier molecular flexibility index (Phi) is 1.98. The minimum absolute atomic E-state index is 0.622. The fraction of sp³-hybridized carbons (Fsp3) is 0.333. The Balaban J connectivity index is 2.60. The van der Waals surface area contributed by atoms with Crippen molar-refractivity contribution in [1.82, 2.24) is 14.6 Å². The van der Waals surface area contributed by atoms with E-state index in [4.69, 9.17) is 5.73 Å². The molecule has 0 saturated heterocycles. The van der Waals surface area contributed by atoms with E-state index < -0.39 is 0 Å². The molecule has 0 radical (unpaired) electrons. The average Bonchev–Trinajstić information content (AvgIpc) is 2.47. The molecule has 4 nitrogen and oxygen atoms in total. The third kappa shape index (κ3) is 1.40. The number of fused-ring (bicyclic) bond motifs is 1. The molecule has 2 aromatic rings. The van der Waals surface area contributed by atoms with E-state index in [2.05, 4.69) is 10.1 Å². The Bertz CT molecular complexity index is 418. The second-order valence-electron chi connectivity index (χ2n) is 3.03. The van der Waals surface area contributed by atoms with Crippen LogP contribution in [0.5, 0.6) is 0 Å². The van der Waals surface area contributed by atoms with E-state index in [1.165, 1.54) is 0 Å². The molecule has 0 atom stereocenters. The van der Waals surface area contributed by atoms with E-state index in [9.17, 15) is 0 Å². The molecule has 0 aliphatic carbocycles. The van der Waals surface area contributed by atoms with Crippen molar-refractivity contribution < 1.29 is 0 Å².